The second-order valence-electron chi connectivity index (χ2n) is 4.44. The molecular formula is C8H17N2+. The van der Waals surface area contributed by atoms with Crippen LogP contribution in [0.2, 0.25) is 0 Å². The fourth-order valence-electron chi connectivity index (χ4n) is 2.46. The number of nitrogens with one attached hydrogen (secondary N) is 1. The second-order valence-corrected chi connectivity index (χ2v) is 4.44. The van der Waals surface area contributed by atoms with Crippen molar-refractivity contribution in [1.82, 2.24) is 5.32 Å². The number of rotatable bonds is 0. The number of nitrogens with zero attached hydrogens (tertiary/aromatic N) is 1. The lowest BCUT2D eigenvalue weighted by Crippen LogP contribution is -2.58. The molecule has 0 aromatic rings. The van der Waals surface area contributed by atoms with E-state index in [0.717, 1.165) is 12.1 Å². The molecular weight excluding hydrogens is 124 g/mol. The van der Waals surface area contributed by atoms with Crippen molar-refractivity contribution in [1.29, 1.82) is 0 Å². The lowest BCUT2D eigenvalue weighted by molar-refractivity contribution is -0.896. The molecule has 10 heavy (non-hydrogen) atoms. The molecule has 2 unspecified atom stereocenters. The van der Waals surface area contributed by atoms with Gasteiger partial charge >= 0.3 is 0 Å². The van der Waals surface area contributed by atoms with Crippen molar-refractivity contribution in [3.63, 3.8) is 0 Å². The van der Waals surface area contributed by atoms with Crippen LogP contribution in [-0.4, -0.2) is 43.8 Å². The van der Waals surface area contributed by atoms with Crippen LogP contribution in [0.15, 0.2) is 0 Å². The van der Waals surface area contributed by atoms with Crippen LogP contribution >= 0.6 is 0 Å². The zero-order valence-electron chi connectivity index (χ0n) is 6.93. The maximum absolute atomic E-state index is 3.63. The quantitative estimate of drug-likeness (QED) is 0.475. The van der Waals surface area contributed by atoms with Crippen LogP contribution in [0, 0.1) is 0 Å². The Morgan fingerprint density at radius 3 is 2.10 bits per heavy atom. The minimum Gasteiger partial charge on any atom is -0.326 e. The van der Waals surface area contributed by atoms with Gasteiger partial charge in [-0.1, -0.05) is 0 Å². The molecule has 58 valence electrons. The van der Waals surface area contributed by atoms with Crippen molar-refractivity contribution < 1.29 is 4.48 Å². The Labute approximate surface area is 62.8 Å². The van der Waals surface area contributed by atoms with Gasteiger partial charge < -0.3 is 9.80 Å². The van der Waals surface area contributed by atoms with E-state index in [2.05, 4.69) is 19.4 Å². The predicted molar refractivity (Wildman–Crippen MR) is 41.8 cm³/mol. The van der Waals surface area contributed by atoms with Gasteiger partial charge in [-0.05, 0) is 12.8 Å². The average molecular weight is 141 g/mol. The highest BCUT2D eigenvalue weighted by molar-refractivity contribution is 4.86. The summed E-state index contributed by atoms with van der Waals surface area (Å²) in [5.74, 6) is 0. The molecule has 0 aliphatic carbocycles. The third kappa shape index (κ3) is 1.06. The fourth-order valence-corrected chi connectivity index (χ4v) is 2.46. The summed E-state index contributed by atoms with van der Waals surface area (Å²) in [6, 6.07) is 1.66. The van der Waals surface area contributed by atoms with Crippen LogP contribution in [0.4, 0.5) is 0 Å². The number of likely N-dealkylation sites (tertiary alicyclic amines) is 1. The fraction of sp³-hybridized carbons (Fsp3) is 1.00. The Bertz CT molecular complexity index is 128. The summed E-state index contributed by atoms with van der Waals surface area (Å²) < 4.78 is 1.22. The van der Waals surface area contributed by atoms with Crippen molar-refractivity contribution in [2.45, 2.75) is 24.9 Å². The van der Waals surface area contributed by atoms with Gasteiger partial charge in [0.05, 0.1) is 39.3 Å². The first-order valence-corrected chi connectivity index (χ1v) is 4.24. The Morgan fingerprint density at radius 1 is 1.10 bits per heavy atom. The minimum atomic E-state index is 0.828. The molecule has 2 bridgehead atoms. The monoisotopic (exact) mass is 141 g/mol. The van der Waals surface area contributed by atoms with Gasteiger partial charge in [0.15, 0.2) is 0 Å². The molecule has 1 N–H and O–H groups in total. The van der Waals surface area contributed by atoms with Crippen molar-refractivity contribution in [3.05, 3.63) is 0 Å². The Morgan fingerprint density at radius 2 is 1.60 bits per heavy atom. The van der Waals surface area contributed by atoms with Crippen molar-refractivity contribution in [2.75, 3.05) is 27.2 Å². The van der Waals surface area contributed by atoms with Crippen LogP contribution in [0.1, 0.15) is 12.8 Å². The first kappa shape index (κ1) is 6.62. The molecule has 0 aromatic carbocycles. The highest BCUT2D eigenvalue weighted by Crippen LogP contribution is 2.22. The van der Waals surface area contributed by atoms with Gasteiger partial charge in [-0.25, -0.2) is 0 Å². The summed E-state index contributed by atoms with van der Waals surface area (Å²) in [4.78, 5) is 0. The SMILES string of the molecule is C[N+]1(C)CC2CCC(C1)N2. The topological polar surface area (TPSA) is 12.0 Å². The van der Waals surface area contributed by atoms with Gasteiger partial charge in [0.25, 0.3) is 0 Å². The van der Waals surface area contributed by atoms with Gasteiger partial charge in [-0.2, -0.15) is 0 Å². The molecule has 2 rings (SSSR count). The van der Waals surface area contributed by atoms with Gasteiger partial charge in [-0.3, -0.25) is 0 Å². The molecule has 2 nitrogen and oxygen atoms in total. The second kappa shape index (κ2) is 1.95. The summed E-state index contributed by atoms with van der Waals surface area (Å²) in [6.45, 7) is 2.66. The number of quaternary nitrogens is 1. The van der Waals surface area contributed by atoms with E-state index in [0.29, 0.717) is 0 Å². The largest absolute Gasteiger partial charge is 0.326 e. The summed E-state index contributed by atoms with van der Waals surface area (Å²) >= 11 is 0. The number of hydrogen-bond acceptors (Lipinski definition) is 1. The lowest BCUT2D eigenvalue weighted by atomic mass is 10.2. The highest BCUT2D eigenvalue weighted by Gasteiger charge is 2.37. The van der Waals surface area contributed by atoms with Gasteiger partial charge in [0, 0.05) is 0 Å². The van der Waals surface area contributed by atoms with E-state index in [1.807, 2.05) is 0 Å². The van der Waals surface area contributed by atoms with Crippen molar-refractivity contribution >= 4 is 0 Å². The summed E-state index contributed by atoms with van der Waals surface area (Å²) in [6.07, 6.45) is 2.82. The molecule has 0 amide bonds. The molecule has 2 aliphatic rings. The molecule has 0 saturated carbocycles. The zero-order valence-corrected chi connectivity index (χ0v) is 6.93. The first-order valence-electron chi connectivity index (χ1n) is 4.24. The third-order valence-electron chi connectivity index (χ3n) is 2.76. The number of hydrogen-bond donors (Lipinski definition) is 1. The maximum Gasteiger partial charge on any atom is 0.0939 e. The summed E-state index contributed by atoms with van der Waals surface area (Å²) in [5, 5.41) is 3.63. The number of fused-ring (bicyclic) bond motifs is 2. The Hall–Kier alpha value is -0.0800. The average Bonchev–Trinajstić information content (AvgIpc) is 2.08. The van der Waals surface area contributed by atoms with Crippen LogP contribution in [-0.2, 0) is 0 Å². The van der Waals surface area contributed by atoms with Crippen molar-refractivity contribution in [3.8, 4) is 0 Å². The lowest BCUT2D eigenvalue weighted by Gasteiger charge is -2.38. The van der Waals surface area contributed by atoms with E-state index in [9.17, 15) is 0 Å². The molecule has 2 saturated heterocycles. The standard InChI is InChI=1S/C8H17N2/c1-10(2)5-7-3-4-8(6-10)9-7/h7-9H,3-6H2,1-2H3/q+1. The molecule has 0 aromatic heterocycles. The van der Waals surface area contributed by atoms with Crippen LogP contribution < -0.4 is 5.32 Å². The normalized spacial score (nSPS) is 43.8. The molecule has 2 heterocycles. The van der Waals surface area contributed by atoms with Crippen LogP contribution in [0.5, 0.6) is 0 Å². The summed E-state index contributed by atoms with van der Waals surface area (Å²) in [5.41, 5.74) is 0. The van der Waals surface area contributed by atoms with E-state index in [4.69, 9.17) is 0 Å². The van der Waals surface area contributed by atoms with E-state index in [-0.39, 0.29) is 0 Å². The minimum absolute atomic E-state index is 0.828. The third-order valence-corrected chi connectivity index (χ3v) is 2.76. The molecule has 2 aliphatic heterocycles. The number of likely N-dealkylation sites (N-methyl/N-ethyl adjacent to an activating group) is 1. The molecule has 0 radical (unpaired) electrons. The number of piperazine rings is 1. The maximum atomic E-state index is 3.63. The smallest absolute Gasteiger partial charge is 0.0939 e. The molecule has 2 atom stereocenters. The van der Waals surface area contributed by atoms with Gasteiger partial charge in [-0.15, -0.1) is 0 Å². The Kier molecular flexibility index (Phi) is 1.29. The van der Waals surface area contributed by atoms with Gasteiger partial charge in [0.2, 0.25) is 0 Å². The van der Waals surface area contributed by atoms with Crippen molar-refractivity contribution in [2.24, 2.45) is 0 Å². The summed E-state index contributed by atoms with van der Waals surface area (Å²) in [7, 11) is 4.68. The molecule has 2 fully saturated rings. The first-order chi connectivity index (χ1) is 4.66. The zero-order chi connectivity index (χ0) is 7.19. The predicted octanol–water partition coefficient (Wildman–Crippen LogP) is 0.197. The Balaban J connectivity index is 2.09. The highest BCUT2D eigenvalue weighted by atomic mass is 15.4. The van der Waals surface area contributed by atoms with Gasteiger partial charge in [0.1, 0.15) is 0 Å². The van der Waals surface area contributed by atoms with E-state index in [1.165, 1.54) is 30.4 Å². The van der Waals surface area contributed by atoms with Crippen LogP contribution in [0.3, 0.4) is 0 Å². The molecule has 2 heteroatoms. The van der Waals surface area contributed by atoms with Crippen LogP contribution in [0.25, 0.3) is 0 Å². The molecule has 0 spiro atoms. The van der Waals surface area contributed by atoms with E-state index in [1.54, 1.807) is 0 Å². The van der Waals surface area contributed by atoms with E-state index < -0.39 is 0 Å². The van der Waals surface area contributed by atoms with E-state index >= 15 is 0 Å².